The monoisotopic (exact) mass is 600 g/mol. The van der Waals surface area contributed by atoms with Gasteiger partial charge in [0.25, 0.3) is 0 Å². The Balaban J connectivity index is 1.54. The van der Waals surface area contributed by atoms with Crippen molar-refractivity contribution in [1.29, 1.82) is 0 Å². The molecular formula is C30H28F4N4O3S. The van der Waals surface area contributed by atoms with Crippen LogP contribution in [0.2, 0.25) is 0 Å². The fourth-order valence-corrected chi connectivity index (χ4v) is 6.56. The number of halogens is 4. The van der Waals surface area contributed by atoms with E-state index >= 15 is 0 Å². The maximum atomic E-state index is 14.0. The molecule has 1 saturated carbocycles. The van der Waals surface area contributed by atoms with E-state index in [9.17, 15) is 32.6 Å². The van der Waals surface area contributed by atoms with E-state index in [2.05, 4.69) is 20.3 Å². The molecule has 7 nitrogen and oxygen atoms in total. The molecule has 1 aliphatic rings. The first-order chi connectivity index (χ1) is 19.6. The van der Waals surface area contributed by atoms with E-state index in [0.717, 1.165) is 12.3 Å². The van der Waals surface area contributed by atoms with Gasteiger partial charge in [0.05, 0.1) is 10.8 Å². The predicted molar refractivity (Wildman–Crippen MR) is 151 cm³/mol. The van der Waals surface area contributed by atoms with Crippen LogP contribution >= 0.6 is 11.3 Å². The predicted octanol–water partition coefficient (Wildman–Crippen LogP) is 7.58. The molecule has 0 bridgehead atoms. The number of aryl methyl sites for hydroxylation is 1. The van der Waals surface area contributed by atoms with Crippen LogP contribution in [0.25, 0.3) is 21.6 Å². The highest BCUT2D eigenvalue weighted by Crippen LogP contribution is 2.51. The van der Waals surface area contributed by atoms with E-state index < -0.39 is 34.8 Å². The van der Waals surface area contributed by atoms with E-state index in [-0.39, 0.29) is 24.6 Å². The fourth-order valence-electron chi connectivity index (χ4n) is 5.54. The molecule has 0 aliphatic heterocycles. The van der Waals surface area contributed by atoms with Crippen molar-refractivity contribution in [1.82, 2.24) is 15.0 Å². The third-order valence-corrected chi connectivity index (χ3v) is 8.89. The smallest absolute Gasteiger partial charge is 0.433 e. The molecule has 1 aliphatic carbocycles. The van der Waals surface area contributed by atoms with E-state index in [1.54, 1.807) is 37.4 Å². The fraction of sp³-hybridized carbons (Fsp3) is 0.333. The number of nitrogens with one attached hydrogen (secondary N) is 1. The van der Waals surface area contributed by atoms with E-state index in [0.29, 0.717) is 44.2 Å². The molecule has 4 aromatic rings. The van der Waals surface area contributed by atoms with Crippen molar-refractivity contribution in [2.45, 2.75) is 51.8 Å². The average Bonchev–Trinajstić information content (AvgIpc) is 3.41. The molecule has 2 atom stereocenters. The van der Waals surface area contributed by atoms with Crippen molar-refractivity contribution in [2.24, 2.45) is 11.3 Å². The van der Waals surface area contributed by atoms with E-state index in [1.165, 1.54) is 17.4 Å². The van der Waals surface area contributed by atoms with Crippen molar-refractivity contribution >= 4 is 28.9 Å². The SMILES string of the molecule is Cc1cc(-c2cc(Nc3nccc(C(F)(F)F)n3)cc(-c3cnc(C4(O)CCC(C(=O)O)C(C)(C)C4)s3)c2)ccc1F. The van der Waals surface area contributed by atoms with Gasteiger partial charge in [0.1, 0.15) is 22.1 Å². The number of benzene rings is 2. The second-order valence-electron chi connectivity index (χ2n) is 11.3. The van der Waals surface area contributed by atoms with Crippen LogP contribution < -0.4 is 5.32 Å². The van der Waals surface area contributed by atoms with Gasteiger partial charge in [-0.15, -0.1) is 11.3 Å². The quantitative estimate of drug-likeness (QED) is 0.196. The van der Waals surface area contributed by atoms with Crippen molar-refractivity contribution < 1.29 is 32.6 Å². The first-order valence-corrected chi connectivity index (χ1v) is 14.0. The summed E-state index contributed by atoms with van der Waals surface area (Å²) in [7, 11) is 0. The van der Waals surface area contributed by atoms with Crippen LogP contribution in [0, 0.1) is 24.1 Å². The van der Waals surface area contributed by atoms with Gasteiger partial charge < -0.3 is 15.5 Å². The third-order valence-electron chi connectivity index (χ3n) is 7.65. The van der Waals surface area contributed by atoms with Crippen LogP contribution in [0.3, 0.4) is 0 Å². The summed E-state index contributed by atoms with van der Waals surface area (Å²) in [4.78, 5) is 24.4. The summed E-state index contributed by atoms with van der Waals surface area (Å²) >= 11 is 1.26. The molecular weight excluding hydrogens is 572 g/mol. The summed E-state index contributed by atoms with van der Waals surface area (Å²) in [6, 6.07) is 10.6. The molecule has 2 heterocycles. The number of aliphatic hydroxyl groups is 1. The van der Waals surface area contributed by atoms with Crippen LogP contribution in [0.15, 0.2) is 54.9 Å². The Labute approximate surface area is 243 Å². The molecule has 1 fully saturated rings. The van der Waals surface area contributed by atoms with Crippen molar-refractivity contribution in [3.8, 4) is 21.6 Å². The minimum Gasteiger partial charge on any atom is -0.481 e. The number of carboxylic acids is 1. The molecule has 0 spiro atoms. The Morgan fingerprint density at radius 3 is 2.48 bits per heavy atom. The molecule has 12 heteroatoms. The summed E-state index contributed by atoms with van der Waals surface area (Å²) in [6.07, 6.45) is -1.25. The van der Waals surface area contributed by atoms with Crippen LogP contribution in [0.1, 0.15) is 49.4 Å². The minimum atomic E-state index is -4.64. The molecule has 3 N–H and O–H groups in total. The molecule has 2 aromatic heterocycles. The highest BCUT2D eigenvalue weighted by Gasteiger charge is 2.49. The van der Waals surface area contributed by atoms with E-state index in [1.807, 2.05) is 19.9 Å². The standard InChI is InChI=1S/C30H28F4N4O3S/c1-16-10-17(4-5-22(16)31)18-11-19(13-20(12-18)37-27-35-9-7-24(38-27)30(32,33)34)23-14-36-26(42-23)29(41)8-6-21(25(39)40)28(2,3)15-29/h4-5,7,9-14,21,41H,6,8,15H2,1-3H3,(H,39,40)(H,35,37,38). The van der Waals surface area contributed by atoms with E-state index in [4.69, 9.17) is 0 Å². The van der Waals surface area contributed by atoms with Crippen molar-refractivity contribution in [3.63, 3.8) is 0 Å². The number of aliphatic carboxylic acids is 1. The first kappa shape index (κ1) is 29.6. The molecule has 2 aromatic carbocycles. The number of alkyl halides is 3. The number of nitrogens with zero attached hydrogens (tertiary/aromatic N) is 3. The largest absolute Gasteiger partial charge is 0.481 e. The number of thiazole rings is 1. The zero-order valence-electron chi connectivity index (χ0n) is 23.0. The molecule has 42 heavy (non-hydrogen) atoms. The lowest BCUT2D eigenvalue weighted by Gasteiger charge is -2.44. The minimum absolute atomic E-state index is 0.221. The van der Waals surface area contributed by atoms with Gasteiger partial charge >= 0.3 is 12.1 Å². The average molecular weight is 601 g/mol. The summed E-state index contributed by atoms with van der Waals surface area (Å²) in [5, 5.41) is 24.5. The van der Waals surface area contributed by atoms with Crippen LogP contribution in [0.4, 0.5) is 29.2 Å². The lowest BCUT2D eigenvalue weighted by molar-refractivity contribution is -0.154. The van der Waals surface area contributed by atoms with Gasteiger partial charge in [0.2, 0.25) is 5.95 Å². The van der Waals surface area contributed by atoms with Gasteiger partial charge in [-0.05, 0) is 90.3 Å². The molecule has 5 rings (SSSR count). The van der Waals surface area contributed by atoms with Gasteiger partial charge in [-0.2, -0.15) is 13.2 Å². The number of anilines is 2. The second kappa shape index (κ2) is 10.7. The lowest BCUT2D eigenvalue weighted by atomic mass is 9.63. The Morgan fingerprint density at radius 2 is 1.81 bits per heavy atom. The molecule has 0 amide bonds. The van der Waals surface area contributed by atoms with Crippen LogP contribution in [-0.4, -0.2) is 31.1 Å². The number of hydrogen-bond acceptors (Lipinski definition) is 7. The van der Waals surface area contributed by atoms with Crippen LogP contribution in [-0.2, 0) is 16.6 Å². The van der Waals surface area contributed by atoms with Crippen LogP contribution in [0.5, 0.6) is 0 Å². The summed E-state index contributed by atoms with van der Waals surface area (Å²) in [6.45, 7) is 5.29. The molecule has 2 unspecified atom stereocenters. The topological polar surface area (TPSA) is 108 Å². The normalized spacial score (nSPS) is 20.3. The highest BCUT2D eigenvalue weighted by atomic mass is 32.1. The highest BCUT2D eigenvalue weighted by molar-refractivity contribution is 7.15. The van der Waals surface area contributed by atoms with Gasteiger partial charge in [-0.3, -0.25) is 4.79 Å². The number of aromatic nitrogens is 3. The molecule has 0 radical (unpaired) electrons. The van der Waals surface area contributed by atoms with Gasteiger partial charge in [-0.1, -0.05) is 19.9 Å². The Kier molecular flexibility index (Phi) is 7.56. The number of carbonyl (C=O) groups is 1. The Bertz CT molecular complexity index is 1660. The first-order valence-electron chi connectivity index (χ1n) is 13.2. The summed E-state index contributed by atoms with van der Waals surface area (Å²) in [5.74, 6) is -2.09. The van der Waals surface area contributed by atoms with Gasteiger partial charge in [0, 0.05) is 18.1 Å². The number of hydrogen-bond donors (Lipinski definition) is 3. The zero-order valence-corrected chi connectivity index (χ0v) is 23.8. The van der Waals surface area contributed by atoms with Crippen molar-refractivity contribution in [2.75, 3.05) is 5.32 Å². The third kappa shape index (κ3) is 6.00. The maximum Gasteiger partial charge on any atom is 0.433 e. The van der Waals surface area contributed by atoms with Gasteiger partial charge in [0.15, 0.2) is 0 Å². The zero-order chi connectivity index (χ0) is 30.4. The molecule has 220 valence electrons. The Morgan fingerprint density at radius 1 is 1.07 bits per heavy atom. The molecule has 0 saturated heterocycles. The second-order valence-corrected chi connectivity index (χ2v) is 12.3. The lowest BCUT2D eigenvalue weighted by Crippen LogP contribution is -2.44. The van der Waals surface area contributed by atoms with Crippen molar-refractivity contribution in [3.05, 3.63) is 76.9 Å². The number of rotatable bonds is 6. The Hall–Kier alpha value is -3.90. The number of carboxylic acid groups (broad SMARTS) is 1. The maximum absolute atomic E-state index is 14.0. The summed E-state index contributed by atoms with van der Waals surface area (Å²) in [5.41, 5.74) is -0.260. The summed E-state index contributed by atoms with van der Waals surface area (Å²) < 4.78 is 53.7. The van der Waals surface area contributed by atoms with Gasteiger partial charge in [-0.25, -0.2) is 19.3 Å².